The van der Waals surface area contributed by atoms with Gasteiger partial charge in [0, 0.05) is 12.5 Å². The molecular weight excluding hydrogens is 226 g/mol. The van der Waals surface area contributed by atoms with Crippen LogP contribution in [0.25, 0.3) is 0 Å². The summed E-state index contributed by atoms with van der Waals surface area (Å²) in [5.74, 6) is 1.74. The Kier molecular flexibility index (Phi) is 4.50. The standard InChI is InChI=1S/C14H23N3O/c1-11(2)17-14(15-10-16-17)9-13(18)8-12-6-4-3-5-7-12/h10-12H,3-9H2,1-2H3. The predicted molar refractivity (Wildman–Crippen MR) is 70.3 cm³/mol. The van der Waals surface area contributed by atoms with Crippen molar-refractivity contribution in [2.75, 3.05) is 0 Å². The number of hydrogen-bond acceptors (Lipinski definition) is 3. The highest BCUT2D eigenvalue weighted by Crippen LogP contribution is 2.26. The molecule has 0 spiro atoms. The van der Waals surface area contributed by atoms with Crippen molar-refractivity contribution in [3.05, 3.63) is 12.2 Å². The maximum atomic E-state index is 12.1. The van der Waals surface area contributed by atoms with Gasteiger partial charge in [0.1, 0.15) is 17.9 Å². The molecule has 0 radical (unpaired) electrons. The molecule has 1 fully saturated rings. The Morgan fingerprint density at radius 3 is 2.78 bits per heavy atom. The van der Waals surface area contributed by atoms with Gasteiger partial charge in [-0.15, -0.1) is 0 Å². The lowest BCUT2D eigenvalue weighted by atomic mass is 9.85. The first-order valence-corrected chi connectivity index (χ1v) is 7.07. The molecule has 0 aliphatic heterocycles. The zero-order chi connectivity index (χ0) is 13.0. The summed E-state index contributed by atoms with van der Waals surface area (Å²) in [6.07, 6.45) is 9.08. The third-order valence-electron chi connectivity index (χ3n) is 3.73. The molecule has 1 aromatic rings. The molecular formula is C14H23N3O. The quantitative estimate of drug-likeness (QED) is 0.806. The number of aromatic nitrogens is 3. The maximum Gasteiger partial charge on any atom is 0.140 e. The molecule has 0 atom stereocenters. The molecule has 1 saturated carbocycles. The minimum absolute atomic E-state index is 0.269. The molecule has 0 aromatic carbocycles. The first kappa shape index (κ1) is 13.2. The monoisotopic (exact) mass is 249 g/mol. The van der Waals surface area contributed by atoms with Gasteiger partial charge in [-0.25, -0.2) is 9.67 Å². The van der Waals surface area contributed by atoms with Gasteiger partial charge < -0.3 is 0 Å². The minimum atomic E-state index is 0.269. The predicted octanol–water partition coefficient (Wildman–Crippen LogP) is 2.94. The van der Waals surface area contributed by atoms with E-state index < -0.39 is 0 Å². The lowest BCUT2D eigenvalue weighted by molar-refractivity contribution is -0.119. The first-order valence-electron chi connectivity index (χ1n) is 7.07. The van der Waals surface area contributed by atoms with Crippen LogP contribution in [0.1, 0.15) is 64.2 Å². The van der Waals surface area contributed by atoms with Gasteiger partial charge in [0.2, 0.25) is 0 Å². The number of carbonyl (C=O) groups is 1. The molecule has 1 heterocycles. The van der Waals surface area contributed by atoms with Crippen molar-refractivity contribution in [3.63, 3.8) is 0 Å². The smallest absolute Gasteiger partial charge is 0.140 e. The second kappa shape index (κ2) is 6.12. The molecule has 0 amide bonds. The van der Waals surface area contributed by atoms with Gasteiger partial charge in [0.15, 0.2) is 0 Å². The van der Waals surface area contributed by atoms with Crippen LogP contribution in [0.3, 0.4) is 0 Å². The van der Waals surface area contributed by atoms with E-state index in [-0.39, 0.29) is 6.04 Å². The Morgan fingerprint density at radius 1 is 1.39 bits per heavy atom. The van der Waals surface area contributed by atoms with E-state index in [1.807, 2.05) is 4.68 Å². The molecule has 18 heavy (non-hydrogen) atoms. The summed E-state index contributed by atoms with van der Waals surface area (Å²) >= 11 is 0. The number of nitrogens with zero attached hydrogens (tertiary/aromatic N) is 3. The summed E-state index contributed by atoms with van der Waals surface area (Å²) in [7, 11) is 0. The number of rotatable bonds is 5. The fourth-order valence-corrected chi connectivity index (χ4v) is 2.79. The van der Waals surface area contributed by atoms with E-state index in [9.17, 15) is 4.79 Å². The largest absolute Gasteiger partial charge is 0.299 e. The third-order valence-corrected chi connectivity index (χ3v) is 3.73. The van der Waals surface area contributed by atoms with E-state index in [1.165, 1.54) is 32.1 Å². The Labute approximate surface area is 109 Å². The summed E-state index contributed by atoms with van der Waals surface area (Å²) in [5, 5.41) is 4.17. The SMILES string of the molecule is CC(C)n1ncnc1CC(=O)CC1CCCCC1. The molecule has 2 rings (SSSR count). The van der Waals surface area contributed by atoms with E-state index in [0.717, 1.165) is 12.2 Å². The zero-order valence-corrected chi connectivity index (χ0v) is 11.4. The molecule has 1 aromatic heterocycles. The molecule has 0 saturated heterocycles. The van der Waals surface area contributed by atoms with Crippen LogP contribution in [0, 0.1) is 5.92 Å². The van der Waals surface area contributed by atoms with Gasteiger partial charge in [-0.05, 0) is 19.8 Å². The van der Waals surface area contributed by atoms with E-state index in [2.05, 4.69) is 23.9 Å². The van der Waals surface area contributed by atoms with E-state index in [0.29, 0.717) is 18.1 Å². The van der Waals surface area contributed by atoms with Gasteiger partial charge in [-0.1, -0.05) is 32.1 Å². The van der Waals surface area contributed by atoms with Crippen molar-refractivity contribution in [2.24, 2.45) is 5.92 Å². The van der Waals surface area contributed by atoms with E-state index in [4.69, 9.17) is 0 Å². The van der Waals surface area contributed by atoms with Gasteiger partial charge >= 0.3 is 0 Å². The van der Waals surface area contributed by atoms with Crippen molar-refractivity contribution < 1.29 is 4.79 Å². The summed E-state index contributed by atoms with van der Waals surface area (Å²) in [4.78, 5) is 16.3. The lowest BCUT2D eigenvalue weighted by Crippen LogP contribution is -2.17. The number of Topliss-reactive ketones (excluding diaryl/α,β-unsaturated/α-hetero) is 1. The Hall–Kier alpha value is -1.19. The van der Waals surface area contributed by atoms with Crippen molar-refractivity contribution in [1.82, 2.24) is 14.8 Å². The minimum Gasteiger partial charge on any atom is -0.299 e. The zero-order valence-electron chi connectivity index (χ0n) is 11.4. The Balaban J connectivity index is 1.88. The highest BCUT2D eigenvalue weighted by Gasteiger charge is 2.19. The second-order valence-corrected chi connectivity index (χ2v) is 5.64. The van der Waals surface area contributed by atoms with E-state index >= 15 is 0 Å². The fourth-order valence-electron chi connectivity index (χ4n) is 2.79. The lowest BCUT2D eigenvalue weighted by Gasteiger charge is -2.20. The summed E-state index contributed by atoms with van der Waals surface area (Å²) in [6, 6.07) is 0.269. The van der Waals surface area contributed by atoms with Crippen molar-refractivity contribution in [1.29, 1.82) is 0 Å². The van der Waals surface area contributed by atoms with Gasteiger partial charge in [-0.3, -0.25) is 4.79 Å². The second-order valence-electron chi connectivity index (χ2n) is 5.64. The molecule has 4 nitrogen and oxygen atoms in total. The van der Waals surface area contributed by atoms with Crippen LogP contribution >= 0.6 is 0 Å². The van der Waals surface area contributed by atoms with Crippen molar-refractivity contribution >= 4 is 5.78 Å². The summed E-state index contributed by atoms with van der Waals surface area (Å²) in [6.45, 7) is 4.12. The topological polar surface area (TPSA) is 47.8 Å². The van der Waals surface area contributed by atoms with E-state index in [1.54, 1.807) is 6.33 Å². The Morgan fingerprint density at radius 2 is 2.11 bits per heavy atom. The summed E-state index contributed by atoms with van der Waals surface area (Å²) < 4.78 is 1.85. The van der Waals surface area contributed by atoms with Gasteiger partial charge in [0.05, 0.1) is 6.42 Å². The fraction of sp³-hybridized carbons (Fsp3) is 0.786. The number of ketones is 1. The maximum absolute atomic E-state index is 12.1. The van der Waals surface area contributed by atoms with Crippen LogP contribution < -0.4 is 0 Å². The molecule has 1 aliphatic rings. The normalized spacial score (nSPS) is 17.3. The average Bonchev–Trinajstić information content (AvgIpc) is 2.78. The van der Waals surface area contributed by atoms with Crippen LogP contribution in [0.4, 0.5) is 0 Å². The van der Waals surface area contributed by atoms with Gasteiger partial charge in [-0.2, -0.15) is 5.10 Å². The van der Waals surface area contributed by atoms with Crippen LogP contribution in [0.15, 0.2) is 6.33 Å². The average molecular weight is 249 g/mol. The van der Waals surface area contributed by atoms with Crippen molar-refractivity contribution in [2.45, 2.75) is 64.8 Å². The molecule has 0 unspecified atom stereocenters. The molecule has 4 heteroatoms. The molecule has 0 bridgehead atoms. The molecule has 0 N–H and O–H groups in total. The highest BCUT2D eigenvalue weighted by atomic mass is 16.1. The molecule has 100 valence electrons. The number of hydrogen-bond donors (Lipinski definition) is 0. The van der Waals surface area contributed by atoms with Crippen LogP contribution in [0.2, 0.25) is 0 Å². The third kappa shape index (κ3) is 3.40. The van der Waals surface area contributed by atoms with Crippen LogP contribution in [-0.4, -0.2) is 20.5 Å². The number of carbonyl (C=O) groups excluding carboxylic acids is 1. The summed E-state index contributed by atoms with van der Waals surface area (Å²) in [5.41, 5.74) is 0. The molecule has 1 aliphatic carbocycles. The van der Waals surface area contributed by atoms with Crippen molar-refractivity contribution in [3.8, 4) is 0 Å². The van der Waals surface area contributed by atoms with Crippen LogP contribution in [-0.2, 0) is 11.2 Å². The first-order chi connectivity index (χ1) is 8.66. The van der Waals surface area contributed by atoms with Crippen LogP contribution in [0.5, 0.6) is 0 Å². The highest BCUT2D eigenvalue weighted by molar-refractivity contribution is 5.80. The van der Waals surface area contributed by atoms with Gasteiger partial charge in [0.25, 0.3) is 0 Å². The Bertz CT molecular complexity index is 391.